The standard InChI is InChI=1S/C15H16F3N5O2/c16-15(17,18)10-3-1-2-4-12(10)23-8-11(21-22-23)14(25)20-6-9-5-19-7-13(9)24/h1-4,8-9,13,19,24H,5-7H2,(H,20,25). The second-order valence-corrected chi connectivity index (χ2v) is 5.76. The number of halogens is 3. The number of carbonyl (C=O) groups is 1. The Morgan fingerprint density at radius 2 is 2.12 bits per heavy atom. The van der Waals surface area contributed by atoms with Crippen molar-refractivity contribution in [3.8, 4) is 5.69 Å². The molecule has 7 nitrogen and oxygen atoms in total. The van der Waals surface area contributed by atoms with E-state index in [1.165, 1.54) is 18.2 Å². The first-order chi connectivity index (χ1) is 11.9. The number of β-amino-alcohol motifs (C(OH)–C–C–N with tert-alkyl or cyclic N) is 1. The normalized spacial score (nSPS) is 20.6. The van der Waals surface area contributed by atoms with E-state index in [1.807, 2.05) is 0 Å². The molecule has 1 saturated heterocycles. The van der Waals surface area contributed by atoms with Crippen LogP contribution in [0, 0.1) is 5.92 Å². The zero-order valence-corrected chi connectivity index (χ0v) is 13.0. The summed E-state index contributed by atoms with van der Waals surface area (Å²) in [5, 5.41) is 22.5. The van der Waals surface area contributed by atoms with Gasteiger partial charge in [-0.3, -0.25) is 4.79 Å². The van der Waals surface area contributed by atoms with Gasteiger partial charge in [0.2, 0.25) is 0 Å². The summed E-state index contributed by atoms with van der Waals surface area (Å²) in [4.78, 5) is 12.1. The average molecular weight is 355 g/mol. The van der Waals surface area contributed by atoms with Gasteiger partial charge in [0.15, 0.2) is 5.69 Å². The van der Waals surface area contributed by atoms with E-state index < -0.39 is 23.8 Å². The number of amides is 1. The molecule has 3 rings (SSSR count). The Morgan fingerprint density at radius 1 is 1.36 bits per heavy atom. The summed E-state index contributed by atoms with van der Waals surface area (Å²) in [5.74, 6) is -0.681. The molecule has 134 valence electrons. The largest absolute Gasteiger partial charge is 0.418 e. The highest BCUT2D eigenvalue weighted by Crippen LogP contribution is 2.33. The van der Waals surface area contributed by atoms with Crippen molar-refractivity contribution in [1.29, 1.82) is 0 Å². The molecule has 2 atom stereocenters. The molecule has 0 radical (unpaired) electrons. The number of nitrogens with one attached hydrogen (secondary N) is 2. The van der Waals surface area contributed by atoms with Crippen LogP contribution in [0.2, 0.25) is 0 Å². The van der Waals surface area contributed by atoms with Gasteiger partial charge in [-0.05, 0) is 12.1 Å². The first-order valence-electron chi connectivity index (χ1n) is 7.62. The average Bonchev–Trinajstić information content (AvgIpc) is 3.21. The molecule has 0 saturated carbocycles. The van der Waals surface area contributed by atoms with E-state index in [0.717, 1.165) is 16.9 Å². The molecule has 2 unspecified atom stereocenters. The highest BCUT2D eigenvalue weighted by atomic mass is 19.4. The van der Waals surface area contributed by atoms with Crippen molar-refractivity contribution in [3.63, 3.8) is 0 Å². The van der Waals surface area contributed by atoms with Gasteiger partial charge in [0.25, 0.3) is 5.91 Å². The maximum absolute atomic E-state index is 13.1. The first-order valence-corrected chi connectivity index (χ1v) is 7.62. The quantitative estimate of drug-likeness (QED) is 0.747. The highest BCUT2D eigenvalue weighted by Gasteiger charge is 2.34. The van der Waals surface area contributed by atoms with Crippen molar-refractivity contribution in [2.24, 2.45) is 5.92 Å². The summed E-state index contributed by atoms with van der Waals surface area (Å²) in [6.07, 6.45) is -3.95. The number of nitrogens with zero attached hydrogens (tertiary/aromatic N) is 3. The fourth-order valence-corrected chi connectivity index (χ4v) is 2.64. The van der Waals surface area contributed by atoms with Gasteiger partial charge < -0.3 is 15.7 Å². The van der Waals surface area contributed by atoms with E-state index in [9.17, 15) is 23.1 Å². The summed E-state index contributed by atoms with van der Waals surface area (Å²) in [6, 6.07) is 4.91. The van der Waals surface area contributed by atoms with Crippen LogP contribution in [0.25, 0.3) is 5.69 Å². The second-order valence-electron chi connectivity index (χ2n) is 5.76. The zero-order chi connectivity index (χ0) is 18.0. The predicted octanol–water partition coefficient (Wildman–Crippen LogP) is 0.596. The summed E-state index contributed by atoms with van der Waals surface area (Å²) >= 11 is 0. The molecular formula is C15H16F3N5O2. The van der Waals surface area contributed by atoms with Crippen molar-refractivity contribution >= 4 is 5.91 Å². The van der Waals surface area contributed by atoms with E-state index in [-0.39, 0.29) is 23.8 Å². The predicted molar refractivity (Wildman–Crippen MR) is 81.1 cm³/mol. The molecule has 1 fully saturated rings. The maximum atomic E-state index is 13.1. The number of hydrogen-bond donors (Lipinski definition) is 3. The van der Waals surface area contributed by atoms with Crippen molar-refractivity contribution in [2.75, 3.05) is 19.6 Å². The molecule has 0 bridgehead atoms. The molecule has 1 aliphatic heterocycles. The van der Waals surface area contributed by atoms with Crippen LogP contribution in [0.4, 0.5) is 13.2 Å². The van der Waals surface area contributed by atoms with Crippen LogP contribution in [0.3, 0.4) is 0 Å². The molecule has 25 heavy (non-hydrogen) atoms. The topological polar surface area (TPSA) is 92.1 Å². The Kier molecular flexibility index (Phi) is 4.73. The third-order valence-electron chi connectivity index (χ3n) is 4.01. The highest BCUT2D eigenvalue weighted by molar-refractivity contribution is 5.91. The number of aliphatic hydroxyl groups is 1. The Morgan fingerprint density at radius 3 is 2.80 bits per heavy atom. The van der Waals surface area contributed by atoms with Gasteiger partial charge in [-0.2, -0.15) is 13.2 Å². The molecule has 3 N–H and O–H groups in total. The number of para-hydroxylation sites is 1. The van der Waals surface area contributed by atoms with Crippen LogP contribution >= 0.6 is 0 Å². The van der Waals surface area contributed by atoms with E-state index in [1.54, 1.807) is 0 Å². The monoisotopic (exact) mass is 355 g/mol. The first kappa shape index (κ1) is 17.4. The molecule has 1 amide bonds. The SMILES string of the molecule is O=C(NCC1CNCC1O)c1cn(-c2ccccc2C(F)(F)F)nn1. The number of rotatable bonds is 4. The molecular weight excluding hydrogens is 339 g/mol. The molecule has 1 aromatic carbocycles. The van der Waals surface area contributed by atoms with Gasteiger partial charge in [-0.25, -0.2) is 4.68 Å². The maximum Gasteiger partial charge on any atom is 0.418 e. The molecule has 10 heteroatoms. The van der Waals surface area contributed by atoms with Crippen molar-refractivity contribution in [2.45, 2.75) is 12.3 Å². The third-order valence-corrected chi connectivity index (χ3v) is 4.01. The minimum atomic E-state index is -4.55. The van der Waals surface area contributed by atoms with E-state index in [4.69, 9.17) is 0 Å². The van der Waals surface area contributed by atoms with Crippen molar-refractivity contribution < 1.29 is 23.1 Å². The van der Waals surface area contributed by atoms with Crippen LogP contribution < -0.4 is 10.6 Å². The Bertz CT molecular complexity index is 762. The fourth-order valence-electron chi connectivity index (χ4n) is 2.64. The van der Waals surface area contributed by atoms with Crippen molar-refractivity contribution in [3.05, 3.63) is 41.7 Å². The van der Waals surface area contributed by atoms with Crippen molar-refractivity contribution in [1.82, 2.24) is 25.6 Å². The summed E-state index contributed by atoms with van der Waals surface area (Å²) < 4.78 is 40.1. The molecule has 0 spiro atoms. The Hall–Kier alpha value is -2.46. The molecule has 1 aliphatic rings. The van der Waals surface area contributed by atoms with Gasteiger partial charge in [0.05, 0.1) is 23.6 Å². The van der Waals surface area contributed by atoms with Crippen LogP contribution in [0.5, 0.6) is 0 Å². The minimum Gasteiger partial charge on any atom is -0.391 e. The van der Waals surface area contributed by atoms with Crippen LogP contribution in [0.1, 0.15) is 16.1 Å². The van der Waals surface area contributed by atoms with Gasteiger partial charge in [0.1, 0.15) is 0 Å². The molecule has 0 aliphatic carbocycles. The second kappa shape index (κ2) is 6.81. The smallest absolute Gasteiger partial charge is 0.391 e. The lowest BCUT2D eigenvalue weighted by Crippen LogP contribution is -2.34. The lowest BCUT2D eigenvalue weighted by atomic mass is 10.1. The van der Waals surface area contributed by atoms with E-state index >= 15 is 0 Å². The Labute approximate surface area is 140 Å². The Balaban J connectivity index is 1.73. The molecule has 2 aromatic rings. The van der Waals surface area contributed by atoms with Crippen LogP contribution in [-0.4, -0.2) is 51.7 Å². The number of alkyl halides is 3. The lowest BCUT2D eigenvalue weighted by Gasteiger charge is -2.13. The lowest BCUT2D eigenvalue weighted by molar-refractivity contribution is -0.137. The number of benzene rings is 1. The third kappa shape index (κ3) is 3.80. The summed E-state index contributed by atoms with van der Waals surface area (Å²) in [5.41, 5.74) is -1.18. The number of aliphatic hydroxyl groups excluding tert-OH is 1. The van der Waals surface area contributed by atoms with Gasteiger partial charge in [-0.1, -0.05) is 17.3 Å². The van der Waals surface area contributed by atoms with Crippen LogP contribution in [0.15, 0.2) is 30.5 Å². The molecule has 1 aromatic heterocycles. The zero-order valence-electron chi connectivity index (χ0n) is 13.0. The fraction of sp³-hybridized carbons (Fsp3) is 0.400. The number of hydrogen-bond acceptors (Lipinski definition) is 5. The van der Waals surface area contributed by atoms with Gasteiger partial charge in [-0.15, -0.1) is 5.10 Å². The number of carbonyl (C=O) groups excluding carboxylic acids is 1. The molecule has 2 heterocycles. The number of aromatic nitrogens is 3. The van der Waals surface area contributed by atoms with E-state index in [0.29, 0.717) is 13.1 Å². The minimum absolute atomic E-state index is 0.0996. The summed E-state index contributed by atoms with van der Waals surface area (Å²) in [6.45, 7) is 1.27. The van der Waals surface area contributed by atoms with Gasteiger partial charge >= 0.3 is 6.18 Å². The summed E-state index contributed by atoms with van der Waals surface area (Å²) in [7, 11) is 0. The van der Waals surface area contributed by atoms with Crippen LogP contribution in [-0.2, 0) is 6.18 Å². The van der Waals surface area contributed by atoms with Gasteiger partial charge in [0, 0.05) is 25.6 Å². The van der Waals surface area contributed by atoms with E-state index in [2.05, 4.69) is 20.9 Å².